The second-order valence-corrected chi connectivity index (χ2v) is 14.2. The van der Waals surface area contributed by atoms with Gasteiger partial charge in [0, 0.05) is 84.7 Å². The number of aromatic nitrogens is 2. The van der Waals surface area contributed by atoms with Crippen molar-refractivity contribution < 1.29 is 23.0 Å². The maximum Gasteiger partial charge on any atom is 0.312 e. The van der Waals surface area contributed by atoms with Crippen molar-refractivity contribution in [3.05, 3.63) is 63.1 Å². The maximum atomic E-state index is 13.8. The number of hydrogen-bond donors (Lipinski definition) is 1. The van der Waals surface area contributed by atoms with Crippen molar-refractivity contribution in [1.29, 1.82) is 0 Å². The molecule has 1 aromatic heterocycles. The highest BCUT2D eigenvalue weighted by Crippen LogP contribution is 2.52. The van der Waals surface area contributed by atoms with Gasteiger partial charge in [0.25, 0.3) is 11.5 Å². The molecule has 1 aromatic carbocycles. The Hall–Kier alpha value is -3.49. The number of aryl methyl sites for hydroxylation is 1. The monoisotopic (exact) mass is 643 g/mol. The lowest BCUT2D eigenvalue weighted by Gasteiger charge is -2.48. The first kappa shape index (κ1) is 32.9. The summed E-state index contributed by atoms with van der Waals surface area (Å²) in [5.74, 6) is -1.98. The zero-order chi connectivity index (χ0) is 32.7. The number of nitrogens with zero attached hydrogens (tertiary/aromatic N) is 6. The lowest BCUT2D eigenvalue weighted by Crippen LogP contribution is -2.55. The van der Waals surface area contributed by atoms with Crippen LogP contribution in [0.2, 0.25) is 0 Å². The minimum atomic E-state index is -1.07. The van der Waals surface area contributed by atoms with Crippen LogP contribution in [0.4, 0.5) is 4.39 Å². The van der Waals surface area contributed by atoms with E-state index < -0.39 is 39.8 Å². The molecule has 12 nitrogen and oxygen atoms in total. The summed E-state index contributed by atoms with van der Waals surface area (Å²) in [6.45, 7) is 5.76. The summed E-state index contributed by atoms with van der Waals surface area (Å²) < 4.78 is 29.2. The molecule has 0 radical (unpaired) electrons. The minimum absolute atomic E-state index is 0.0765. The molecule has 14 heteroatoms. The summed E-state index contributed by atoms with van der Waals surface area (Å²) in [6, 6.07) is 5.79. The van der Waals surface area contributed by atoms with Crippen LogP contribution < -0.4 is 10.9 Å². The highest BCUT2D eigenvalue weighted by atomic mass is 32.2. The number of nitrogens with one attached hydrogen (secondary N) is 1. The van der Waals surface area contributed by atoms with Crippen LogP contribution in [0.1, 0.15) is 53.1 Å². The van der Waals surface area contributed by atoms with Crippen molar-refractivity contribution in [3.63, 3.8) is 0 Å². The third-order valence-corrected chi connectivity index (χ3v) is 10.8. The van der Waals surface area contributed by atoms with E-state index in [1.54, 1.807) is 36.9 Å². The highest BCUT2D eigenvalue weighted by molar-refractivity contribution is 7.81. The molecule has 4 heterocycles. The summed E-state index contributed by atoms with van der Waals surface area (Å²) in [7, 11) is 3.58. The molecule has 2 fully saturated rings. The number of carbonyl (C=O) groups is 3. The van der Waals surface area contributed by atoms with E-state index in [1.807, 2.05) is 4.31 Å². The van der Waals surface area contributed by atoms with Crippen LogP contribution in [0.25, 0.3) is 0 Å². The Morgan fingerprint density at radius 2 is 1.69 bits per heavy atom. The Labute approximate surface area is 265 Å². The van der Waals surface area contributed by atoms with Crippen molar-refractivity contribution in [2.75, 3.05) is 60.1 Å². The molecule has 45 heavy (non-hydrogen) atoms. The van der Waals surface area contributed by atoms with Gasteiger partial charge >= 0.3 is 11.8 Å². The fourth-order valence-electron chi connectivity index (χ4n) is 6.97. The Morgan fingerprint density at radius 1 is 1.02 bits per heavy atom. The first-order chi connectivity index (χ1) is 21.2. The van der Waals surface area contributed by atoms with Crippen molar-refractivity contribution in [3.8, 4) is 0 Å². The van der Waals surface area contributed by atoms with Gasteiger partial charge in [-0.25, -0.2) is 17.9 Å². The second kappa shape index (κ2) is 12.7. The second-order valence-electron chi connectivity index (χ2n) is 12.9. The molecule has 3 aliphatic heterocycles. The normalized spacial score (nSPS) is 24.0. The number of benzene rings is 1. The predicted molar refractivity (Wildman–Crippen MR) is 167 cm³/mol. The number of carbonyl (C=O) groups excluding carboxylic acids is 3. The van der Waals surface area contributed by atoms with Gasteiger partial charge in [-0.3, -0.25) is 23.7 Å². The van der Waals surface area contributed by atoms with Crippen LogP contribution in [0.3, 0.4) is 0 Å². The smallest absolute Gasteiger partial charge is 0.312 e. The quantitative estimate of drug-likeness (QED) is 0.443. The molecular weight excluding hydrogens is 601 g/mol. The Morgan fingerprint density at radius 3 is 2.29 bits per heavy atom. The molecule has 6 rings (SSSR count). The highest BCUT2D eigenvalue weighted by Gasteiger charge is 2.54. The van der Waals surface area contributed by atoms with Gasteiger partial charge in [0.2, 0.25) is 0 Å². The molecule has 1 saturated carbocycles. The summed E-state index contributed by atoms with van der Waals surface area (Å²) in [5, 5.41) is 2.78. The fourth-order valence-corrected chi connectivity index (χ4v) is 7.65. The van der Waals surface area contributed by atoms with Crippen LogP contribution >= 0.6 is 0 Å². The van der Waals surface area contributed by atoms with Gasteiger partial charge in [-0.05, 0) is 49.8 Å². The SMILES string of the molecule is Cc1cc(CNC(=O)c2cc(=O)n3c(n2)C2(N(C)C(=O)C(=O)N(C)C)CCC(CN4CCN(S(C)=O)CC4)(CC2)C3)ccc1F. The number of fused-ring (bicyclic) bond motifs is 2. The van der Waals surface area contributed by atoms with Gasteiger partial charge in [-0.15, -0.1) is 0 Å². The first-order valence-electron chi connectivity index (χ1n) is 15.2. The molecule has 1 unspecified atom stereocenters. The lowest BCUT2D eigenvalue weighted by atomic mass is 9.67. The van der Waals surface area contributed by atoms with Gasteiger partial charge in [0.1, 0.15) is 22.9 Å². The van der Waals surface area contributed by atoms with E-state index in [1.165, 1.54) is 36.0 Å². The molecule has 1 atom stereocenters. The zero-order valence-electron chi connectivity index (χ0n) is 26.6. The largest absolute Gasteiger partial charge is 0.347 e. The summed E-state index contributed by atoms with van der Waals surface area (Å²) >= 11 is 0. The number of hydrogen-bond acceptors (Lipinski definition) is 7. The number of rotatable bonds is 7. The van der Waals surface area contributed by atoms with Gasteiger partial charge in [0.05, 0.1) is 11.0 Å². The molecule has 1 aliphatic carbocycles. The van der Waals surface area contributed by atoms with Gasteiger partial charge in [0.15, 0.2) is 0 Å². The van der Waals surface area contributed by atoms with E-state index in [9.17, 15) is 27.8 Å². The minimum Gasteiger partial charge on any atom is -0.347 e. The Bertz CT molecular complexity index is 1580. The molecular formula is C31H42FN7O5S. The lowest BCUT2D eigenvalue weighted by molar-refractivity contribution is -0.155. The van der Waals surface area contributed by atoms with Crippen molar-refractivity contribution in [2.45, 2.75) is 51.2 Å². The molecule has 3 amide bonds. The van der Waals surface area contributed by atoms with Crippen LogP contribution in [0.15, 0.2) is 29.1 Å². The van der Waals surface area contributed by atoms with Crippen LogP contribution in [-0.2, 0) is 39.2 Å². The molecule has 0 spiro atoms. The van der Waals surface area contributed by atoms with Crippen LogP contribution in [0.5, 0.6) is 0 Å². The number of halogens is 1. The van der Waals surface area contributed by atoms with Gasteiger partial charge in [-0.1, -0.05) is 12.1 Å². The average Bonchev–Trinajstić information content (AvgIpc) is 3.24. The maximum absolute atomic E-state index is 13.8. The molecule has 4 aliphatic rings. The van der Waals surface area contributed by atoms with E-state index >= 15 is 0 Å². The number of amides is 3. The van der Waals surface area contributed by atoms with E-state index in [2.05, 4.69) is 10.2 Å². The molecule has 1 saturated heterocycles. The summed E-state index contributed by atoms with van der Waals surface area (Å²) in [5.41, 5.74) is -0.669. The zero-order valence-corrected chi connectivity index (χ0v) is 27.4. The van der Waals surface area contributed by atoms with Crippen LogP contribution in [0, 0.1) is 18.2 Å². The van der Waals surface area contributed by atoms with E-state index in [-0.39, 0.29) is 23.5 Å². The van der Waals surface area contributed by atoms with E-state index in [0.29, 0.717) is 62.3 Å². The van der Waals surface area contributed by atoms with E-state index in [0.717, 1.165) is 19.6 Å². The van der Waals surface area contributed by atoms with E-state index in [4.69, 9.17) is 4.98 Å². The van der Waals surface area contributed by atoms with Gasteiger partial charge in [-0.2, -0.15) is 0 Å². The standard InChI is InChI=1S/C31H42FN7O5S/c1-21-16-22(6-7-23(21)32)18-33-26(41)24-17-25(40)39-20-30(19-37-12-14-38(15-13-37)45(5)44)8-10-31(11-9-30,29(39)34-24)36(4)28(43)27(42)35(2)3/h6-7,16-17H,8-15,18-20H2,1-5H3,(H,33,41). The van der Waals surface area contributed by atoms with Crippen molar-refractivity contribution in [1.82, 2.24) is 33.9 Å². The van der Waals surface area contributed by atoms with Crippen molar-refractivity contribution >= 4 is 28.7 Å². The first-order valence-corrected chi connectivity index (χ1v) is 16.7. The Balaban J connectivity index is 1.48. The number of likely N-dealkylation sites (N-methyl/N-ethyl adjacent to an activating group) is 2. The average molecular weight is 644 g/mol. The number of piperazine rings is 1. The predicted octanol–water partition coefficient (Wildman–Crippen LogP) is 0.848. The van der Waals surface area contributed by atoms with Crippen LogP contribution in [-0.4, -0.2) is 111 Å². The van der Waals surface area contributed by atoms with Crippen molar-refractivity contribution in [2.24, 2.45) is 5.41 Å². The summed E-state index contributed by atoms with van der Waals surface area (Å²) in [6.07, 6.45) is 4.01. The molecule has 2 bridgehead atoms. The van der Waals surface area contributed by atoms with Gasteiger partial charge < -0.3 is 20.0 Å². The Kier molecular flexibility index (Phi) is 9.30. The third kappa shape index (κ3) is 6.45. The topological polar surface area (TPSA) is 128 Å². The third-order valence-electron chi connectivity index (χ3n) is 9.75. The molecule has 2 aromatic rings. The molecule has 1 N–H and O–H groups in total. The molecule has 244 valence electrons. The fraction of sp³-hybridized carbons (Fsp3) is 0.581. The summed E-state index contributed by atoms with van der Waals surface area (Å²) in [4.78, 5) is 63.2.